The Bertz CT molecular complexity index is 1150. The lowest BCUT2D eigenvalue weighted by atomic mass is 10.1. The second kappa shape index (κ2) is 7.83. The molecule has 13 heteroatoms. The Morgan fingerprint density at radius 2 is 2.26 bits per heavy atom. The molecule has 31 heavy (non-hydrogen) atoms. The molecule has 1 amide bonds. The number of benzene rings is 1. The molecule has 3 heterocycles. The quantitative estimate of drug-likeness (QED) is 0.323. The number of nitrogens with zero attached hydrogens (tertiary/aromatic N) is 1. The first kappa shape index (κ1) is 18.0. The molecule has 3 aliphatic rings. The normalized spacial score (nSPS) is 39.4. The number of rotatable bonds is 5. The van der Waals surface area contributed by atoms with Crippen LogP contribution in [-0.2, 0) is 34.5 Å². The van der Waals surface area contributed by atoms with Gasteiger partial charge in [0.15, 0.2) is 12.5 Å². The fourth-order valence-electron chi connectivity index (χ4n) is 2.87. The maximum Gasteiger partial charge on any atom is 0.530 e. The molecular formula is C18H18FN2O9P. The Hall–Kier alpha value is -2.60. The van der Waals surface area contributed by atoms with Gasteiger partial charge in [-0.2, -0.15) is 0 Å². The fourth-order valence-corrected chi connectivity index (χ4v) is 3.97. The molecule has 4 rings (SSSR count). The van der Waals surface area contributed by atoms with E-state index in [0.29, 0.717) is 16.7 Å². The van der Waals surface area contributed by atoms with Gasteiger partial charge in [0.25, 0.3) is 11.8 Å². The van der Waals surface area contributed by atoms with E-state index in [4.69, 9.17) is 22.4 Å². The largest absolute Gasteiger partial charge is 0.530 e. The third kappa shape index (κ3) is 3.89. The molecule has 0 aromatic heterocycles. The average molecular weight is 459 g/mol. The molecule has 1 unspecified atom stereocenters. The Morgan fingerprint density at radius 1 is 1.52 bits per heavy atom. The monoisotopic (exact) mass is 459 g/mol. The number of phosphoric ester groups is 1. The highest BCUT2D eigenvalue weighted by atomic mass is 31.2. The van der Waals surface area contributed by atoms with Crippen LogP contribution in [0.2, 0.25) is 0 Å². The predicted octanol–water partition coefficient (Wildman–Crippen LogP) is 0.450. The van der Waals surface area contributed by atoms with Gasteiger partial charge in [-0.1, -0.05) is 24.8 Å². The number of nitrogens with one attached hydrogen (secondary N) is 1. The molecule has 0 aliphatic carbocycles. The zero-order valence-corrected chi connectivity index (χ0v) is 16.5. The van der Waals surface area contributed by atoms with Crippen LogP contribution in [-0.4, -0.2) is 58.1 Å². The number of ether oxygens (including phenoxy) is 1. The van der Waals surface area contributed by atoms with Gasteiger partial charge in [0, 0.05) is 11.8 Å². The number of hydrogen-bond donors (Lipinski definition) is 3. The molecule has 1 aromatic carbocycles. The second-order valence-electron chi connectivity index (χ2n) is 6.56. The Balaban J connectivity index is 1.64. The van der Waals surface area contributed by atoms with Crippen LogP contribution in [0.5, 0.6) is 5.75 Å². The van der Waals surface area contributed by atoms with Crippen molar-refractivity contribution in [3.63, 3.8) is 0 Å². The summed E-state index contributed by atoms with van der Waals surface area (Å²) in [6.07, 6.45) is -7.56. The number of hydrogen-bond acceptors (Lipinski definition) is 10. The number of halogens is 1. The number of aliphatic hydroxyl groups is 2. The minimum absolute atomic E-state index is 0.0236. The minimum Gasteiger partial charge on any atom is -0.404 e. The summed E-state index contributed by atoms with van der Waals surface area (Å²) < 4.78 is 72.8. The van der Waals surface area contributed by atoms with Crippen LogP contribution in [0.25, 0.3) is 0 Å². The van der Waals surface area contributed by atoms with Crippen molar-refractivity contribution in [1.29, 1.82) is 0 Å². The van der Waals surface area contributed by atoms with Crippen LogP contribution >= 0.6 is 7.82 Å². The molecule has 1 saturated heterocycles. The van der Waals surface area contributed by atoms with Gasteiger partial charge in [0.1, 0.15) is 30.3 Å². The van der Waals surface area contributed by atoms with Crippen LogP contribution < -0.4 is 9.84 Å². The highest BCUT2D eigenvalue weighted by Gasteiger charge is 2.58. The molecule has 3 N–H and O–H groups in total. The van der Waals surface area contributed by atoms with Gasteiger partial charge in [-0.15, -0.1) is 0 Å². The van der Waals surface area contributed by atoms with Crippen molar-refractivity contribution in [2.45, 2.75) is 30.9 Å². The average Bonchev–Trinajstić information content (AvgIpc) is 2.94. The van der Waals surface area contributed by atoms with E-state index in [1.165, 1.54) is 12.1 Å². The number of amides is 1. The number of aldehydes is 1. The van der Waals surface area contributed by atoms with Gasteiger partial charge < -0.3 is 29.7 Å². The van der Waals surface area contributed by atoms with E-state index in [1.54, 1.807) is 12.1 Å². The van der Waals surface area contributed by atoms with Crippen molar-refractivity contribution in [3.05, 3.63) is 54.0 Å². The lowest BCUT2D eigenvalue weighted by Crippen LogP contribution is -2.48. The predicted molar refractivity (Wildman–Crippen MR) is 99.4 cm³/mol. The molecule has 0 bridgehead atoms. The van der Waals surface area contributed by atoms with E-state index in [1.807, 2.05) is 0 Å². The summed E-state index contributed by atoms with van der Waals surface area (Å²) in [5.74, 6) is -5.36. The van der Waals surface area contributed by atoms with Crippen LogP contribution in [0.3, 0.4) is 0 Å². The fraction of sp³-hybridized carbons (Fsp3) is 0.333. The maximum absolute atomic E-state index is 15.9. The number of carbonyl (C=O) groups is 2. The highest BCUT2D eigenvalue weighted by molar-refractivity contribution is 7.49. The summed E-state index contributed by atoms with van der Waals surface area (Å²) >= 11 is 0. The standard InChI is InChI=1S/C18H18FN2O9P/c1-10-20-16(25)12(7-22)6-21(10)17-14(23)15(24)18(19,29-17)9-28-31(26)27-8-11-4-2-3-5-13(11)30-31/h2-7,14-15,17,23-24H,1,8-9H2,(H,20,25)/t14-,15+,17-,18-,31?/m1/s1/i9D2,17D. The Labute approximate surface area is 179 Å². The van der Waals surface area contributed by atoms with Crippen molar-refractivity contribution in [2.24, 2.45) is 0 Å². The summed E-state index contributed by atoms with van der Waals surface area (Å²) in [7, 11) is -4.81. The first-order valence-electron chi connectivity index (χ1n) is 10.2. The molecular weight excluding hydrogens is 438 g/mol. The zero-order chi connectivity index (χ0) is 25.1. The zero-order valence-electron chi connectivity index (χ0n) is 18.6. The van der Waals surface area contributed by atoms with Crippen LogP contribution in [0.15, 0.2) is 48.4 Å². The smallest absolute Gasteiger partial charge is 0.404 e. The number of para-hydroxylation sites is 1. The number of alkyl halides is 1. The number of aliphatic hydroxyl groups excluding tert-OH is 2. The van der Waals surface area contributed by atoms with E-state index in [2.05, 4.69) is 11.9 Å². The Kier molecular flexibility index (Phi) is 4.55. The van der Waals surface area contributed by atoms with Crippen LogP contribution in [0.4, 0.5) is 4.39 Å². The summed E-state index contributed by atoms with van der Waals surface area (Å²) in [4.78, 5) is 23.4. The van der Waals surface area contributed by atoms with Gasteiger partial charge in [-0.25, -0.2) is 8.96 Å². The van der Waals surface area contributed by atoms with E-state index >= 15 is 4.39 Å². The first-order valence-corrected chi connectivity index (χ1v) is 10.2. The van der Waals surface area contributed by atoms with E-state index < -0.39 is 55.9 Å². The van der Waals surface area contributed by atoms with E-state index in [0.717, 1.165) is 0 Å². The van der Waals surface area contributed by atoms with Crippen molar-refractivity contribution in [1.82, 2.24) is 10.2 Å². The third-order valence-corrected chi connectivity index (χ3v) is 5.67. The molecule has 5 atom stereocenters. The maximum atomic E-state index is 15.9. The summed E-state index contributed by atoms with van der Waals surface area (Å²) in [6, 6.07) is 6.13. The molecule has 0 radical (unpaired) electrons. The Morgan fingerprint density at radius 3 is 3.00 bits per heavy atom. The summed E-state index contributed by atoms with van der Waals surface area (Å²) in [5, 5.41) is 22.9. The van der Waals surface area contributed by atoms with Gasteiger partial charge >= 0.3 is 7.82 Å². The molecule has 1 fully saturated rings. The highest BCUT2D eigenvalue weighted by Crippen LogP contribution is 2.55. The lowest BCUT2D eigenvalue weighted by molar-refractivity contribution is -0.208. The van der Waals surface area contributed by atoms with E-state index in [9.17, 15) is 24.4 Å². The number of fused-ring (bicyclic) bond motifs is 1. The number of carbonyl (C=O) groups excluding carboxylic acids is 2. The summed E-state index contributed by atoms with van der Waals surface area (Å²) in [6.45, 7) is -0.745. The number of phosphoric acid groups is 1. The topological polar surface area (TPSA) is 144 Å². The van der Waals surface area contributed by atoms with Gasteiger partial charge in [-0.3, -0.25) is 18.6 Å². The van der Waals surface area contributed by atoms with Crippen LogP contribution in [0, 0.1) is 0 Å². The van der Waals surface area contributed by atoms with Gasteiger partial charge in [-0.05, 0) is 6.07 Å². The van der Waals surface area contributed by atoms with Crippen molar-refractivity contribution < 1.29 is 51.2 Å². The van der Waals surface area contributed by atoms with Crippen molar-refractivity contribution in [2.75, 3.05) is 6.56 Å². The summed E-state index contributed by atoms with van der Waals surface area (Å²) in [5.41, 5.74) is -0.110. The molecule has 166 valence electrons. The van der Waals surface area contributed by atoms with Gasteiger partial charge in [0.2, 0.25) is 0 Å². The lowest BCUT2D eigenvalue weighted by Gasteiger charge is -2.33. The molecule has 3 aliphatic heterocycles. The minimum atomic E-state index is -4.81. The van der Waals surface area contributed by atoms with Crippen molar-refractivity contribution >= 4 is 20.0 Å². The first-order chi connectivity index (χ1) is 15.8. The van der Waals surface area contributed by atoms with Gasteiger partial charge in [0.05, 0.1) is 16.3 Å². The van der Waals surface area contributed by atoms with Crippen molar-refractivity contribution in [3.8, 4) is 5.75 Å². The molecule has 0 spiro atoms. The molecule has 11 nitrogen and oxygen atoms in total. The van der Waals surface area contributed by atoms with E-state index in [-0.39, 0.29) is 18.6 Å². The van der Waals surface area contributed by atoms with Crippen LogP contribution in [0.1, 0.15) is 9.68 Å². The second-order valence-corrected chi connectivity index (χ2v) is 8.08. The SMILES string of the molecule is [2H]C([2H])(OP1(=O)OCc2ccccc2O1)[C@@]1(F)O[C@@]([2H])(N2C=C(C=O)C(=O)NC2=C)[C@H](O)[C@@H]1O. The molecule has 1 aromatic rings. The third-order valence-electron chi connectivity index (χ3n) is 4.49. The molecule has 0 saturated carbocycles.